The van der Waals surface area contributed by atoms with Gasteiger partial charge >= 0.3 is 11.9 Å². The van der Waals surface area contributed by atoms with Gasteiger partial charge in [-0.3, -0.25) is 9.59 Å². The van der Waals surface area contributed by atoms with Gasteiger partial charge in [0.15, 0.2) is 0 Å². The van der Waals surface area contributed by atoms with Crippen LogP contribution in [0.2, 0.25) is 0 Å². The average Bonchev–Trinajstić information content (AvgIpc) is 2.62. The summed E-state index contributed by atoms with van der Waals surface area (Å²) in [6.07, 6.45) is 4.48. The van der Waals surface area contributed by atoms with Crippen molar-refractivity contribution < 1.29 is 29.3 Å². The fourth-order valence-corrected chi connectivity index (χ4v) is 2.56. The minimum atomic E-state index is -0.769. The maximum atomic E-state index is 11.1. The number of ether oxygens (including phenoxy) is 2. The molecular formula is C22H34O6. The molecule has 158 valence electrons. The lowest BCUT2D eigenvalue weighted by molar-refractivity contribution is -0.148. The molecule has 0 saturated heterocycles. The van der Waals surface area contributed by atoms with E-state index in [4.69, 9.17) is 19.7 Å². The first-order valence-corrected chi connectivity index (χ1v) is 9.87. The van der Waals surface area contributed by atoms with E-state index in [1.165, 1.54) is 0 Å². The highest BCUT2D eigenvalue weighted by molar-refractivity contribution is 5.73. The van der Waals surface area contributed by atoms with Crippen molar-refractivity contribution in [3.05, 3.63) is 24.3 Å². The molecule has 6 heteroatoms. The van der Waals surface area contributed by atoms with Crippen molar-refractivity contribution in [2.45, 2.75) is 66.2 Å². The number of carbonyl (C=O) groups is 2. The second-order valence-corrected chi connectivity index (χ2v) is 8.46. The Morgan fingerprint density at radius 3 is 1.32 bits per heavy atom. The van der Waals surface area contributed by atoms with Gasteiger partial charge in [0.2, 0.25) is 0 Å². The molecule has 2 N–H and O–H groups in total. The van der Waals surface area contributed by atoms with Crippen LogP contribution in [-0.4, -0.2) is 35.4 Å². The summed E-state index contributed by atoms with van der Waals surface area (Å²) in [4.78, 5) is 22.1. The van der Waals surface area contributed by atoms with Gasteiger partial charge in [-0.2, -0.15) is 0 Å². The highest BCUT2D eigenvalue weighted by Crippen LogP contribution is 2.25. The summed E-state index contributed by atoms with van der Waals surface area (Å²) in [6.45, 7) is 8.05. The average molecular weight is 395 g/mol. The molecule has 0 aromatic heterocycles. The zero-order valence-corrected chi connectivity index (χ0v) is 17.5. The highest BCUT2D eigenvalue weighted by atomic mass is 16.5. The molecule has 0 aliphatic heterocycles. The van der Waals surface area contributed by atoms with E-state index in [1.807, 2.05) is 24.3 Å². The predicted octanol–water partition coefficient (Wildman–Crippen LogP) is 5.01. The Balaban J connectivity index is 2.20. The Kier molecular flexibility index (Phi) is 9.29. The number of rotatable bonds is 14. The van der Waals surface area contributed by atoms with E-state index in [0.717, 1.165) is 37.2 Å². The minimum absolute atomic E-state index is 0.551. The van der Waals surface area contributed by atoms with E-state index in [-0.39, 0.29) is 0 Å². The molecule has 0 atom stereocenters. The molecule has 6 nitrogen and oxygen atoms in total. The molecule has 0 amide bonds. The van der Waals surface area contributed by atoms with E-state index in [0.29, 0.717) is 26.1 Å². The molecule has 0 aliphatic rings. The lowest BCUT2D eigenvalue weighted by Gasteiger charge is -2.18. The molecule has 28 heavy (non-hydrogen) atoms. The smallest absolute Gasteiger partial charge is 0.309 e. The molecule has 1 aromatic carbocycles. The largest absolute Gasteiger partial charge is 0.494 e. The van der Waals surface area contributed by atoms with Crippen LogP contribution >= 0.6 is 0 Å². The van der Waals surface area contributed by atoms with Crippen molar-refractivity contribution in [3.8, 4) is 11.5 Å². The first kappa shape index (κ1) is 23.8. The molecule has 0 unspecified atom stereocenters. The lowest BCUT2D eigenvalue weighted by Crippen LogP contribution is -2.23. The van der Waals surface area contributed by atoms with Gasteiger partial charge < -0.3 is 19.7 Å². The van der Waals surface area contributed by atoms with Gasteiger partial charge in [0.25, 0.3) is 0 Å². The molecule has 1 aromatic rings. The van der Waals surface area contributed by atoms with Crippen molar-refractivity contribution in [1.29, 1.82) is 0 Å². The Bertz CT molecular complexity index is 563. The van der Waals surface area contributed by atoms with E-state index in [2.05, 4.69) is 0 Å². The van der Waals surface area contributed by atoms with E-state index in [9.17, 15) is 9.59 Å². The maximum absolute atomic E-state index is 11.1. The second kappa shape index (κ2) is 10.9. The molecule has 0 radical (unpaired) electrons. The van der Waals surface area contributed by atoms with Gasteiger partial charge in [-0.25, -0.2) is 0 Å². The Labute approximate surface area is 167 Å². The Hall–Kier alpha value is -2.24. The van der Waals surface area contributed by atoms with Crippen LogP contribution in [-0.2, 0) is 9.59 Å². The number of benzene rings is 1. The summed E-state index contributed by atoms with van der Waals surface area (Å²) in [6, 6.07) is 7.40. The Morgan fingerprint density at radius 2 is 1.04 bits per heavy atom. The molecular weight excluding hydrogens is 360 g/mol. The van der Waals surface area contributed by atoms with Crippen molar-refractivity contribution in [2.75, 3.05) is 13.2 Å². The van der Waals surface area contributed by atoms with Gasteiger partial charge in [-0.1, -0.05) is 0 Å². The third-order valence-electron chi connectivity index (χ3n) is 4.91. The van der Waals surface area contributed by atoms with Crippen LogP contribution in [0.5, 0.6) is 11.5 Å². The zero-order chi connectivity index (χ0) is 21.2. The number of carboxylic acid groups (broad SMARTS) is 2. The number of aliphatic carboxylic acids is 2. The van der Waals surface area contributed by atoms with Gasteiger partial charge in [0.05, 0.1) is 24.0 Å². The first-order chi connectivity index (χ1) is 13.0. The fourth-order valence-electron chi connectivity index (χ4n) is 2.56. The number of hydrogen-bond acceptors (Lipinski definition) is 4. The van der Waals surface area contributed by atoms with Crippen LogP contribution in [0.25, 0.3) is 0 Å². The third kappa shape index (κ3) is 8.63. The van der Waals surface area contributed by atoms with E-state index < -0.39 is 22.8 Å². The van der Waals surface area contributed by atoms with Gasteiger partial charge in [-0.05, 0) is 90.5 Å². The SMILES string of the molecule is CC(C)(CCCCOc1ccc(OCCCCC(C)(C)C(=O)O)cc1)C(=O)O. The van der Waals surface area contributed by atoms with E-state index >= 15 is 0 Å². The van der Waals surface area contributed by atoms with E-state index in [1.54, 1.807) is 27.7 Å². The minimum Gasteiger partial charge on any atom is -0.494 e. The van der Waals surface area contributed by atoms with Gasteiger partial charge in [0.1, 0.15) is 11.5 Å². The van der Waals surface area contributed by atoms with Crippen LogP contribution in [0, 0.1) is 10.8 Å². The van der Waals surface area contributed by atoms with Crippen molar-refractivity contribution in [3.63, 3.8) is 0 Å². The number of carboxylic acids is 2. The summed E-state index contributed by atoms with van der Waals surface area (Å²) in [5.74, 6) is -0.0229. The quantitative estimate of drug-likeness (QED) is 0.431. The molecule has 1 rings (SSSR count). The van der Waals surface area contributed by atoms with Crippen LogP contribution in [0.15, 0.2) is 24.3 Å². The van der Waals surface area contributed by atoms with Crippen LogP contribution in [0.1, 0.15) is 66.2 Å². The highest BCUT2D eigenvalue weighted by Gasteiger charge is 2.26. The van der Waals surface area contributed by atoms with Gasteiger partial charge in [0, 0.05) is 0 Å². The summed E-state index contributed by atoms with van der Waals surface area (Å²) in [7, 11) is 0. The summed E-state index contributed by atoms with van der Waals surface area (Å²) in [5.41, 5.74) is -1.38. The summed E-state index contributed by atoms with van der Waals surface area (Å²) >= 11 is 0. The van der Waals surface area contributed by atoms with Crippen molar-refractivity contribution >= 4 is 11.9 Å². The molecule has 0 fully saturated rings. The predicted molar refractivity (Wildman–Crippen MR) is 108 cm³/mol. The molecule has 0 saturated carbocycles. The molecule has 0 spiro atoms. The molecule has 0 bridgehead atoms. The maximum Gasteiger partial charge on any atom is 0.309 e. The summed E-state index contributed by atoms with van der Waals surface area (Å²) < 4.78 is 11.4. The molecule has 0 heterocycles. The van der Waals surface area contributed by atoms with Gasteiger partial charge in [-0.15, -0.1) is 0 Å². The lowest BCUT2D eigenvalue weighted by atomic mass is 9.87. The summed E-state index contributed by atoms with van der Waals surface area (Å²) in [5, 5.41) is 18.2. The van der Waals surface area contributed by atoms with Crippen LogP contribution in [0.3, 0.4) is 0 Å². The number of unbranched alkanes of at least 4 members (excludes halogenated alkanes) is 2. The molecule has 0 aliphatic carbocycles. The third-order valence-corrected chi connectivity index (χ3v) is 4.91. The zero-order valence-electron chi connectivity index (χ0n) is 17.5. The first-order valence-electron chi connectivity index (χ1n) is 9.87. The second-order valence-electron chi connectivity index (χ2n) is 8.46. The normalized spacial score (nSPS) is 11.9. The topological polar surface area (TPSA) is 93.1 Å². The van der Waals surface area contributed by atoms with Crippen LogP contribution < -0.4 is 9.47 Å². The number of hydrogen-bond donors (Lipinski definition) is 2. The van der Waals surface area contributed by atoms with Crippen molar-refractivity contribution in [1.82, 2.24) is 0 Å². The standard InChI is InChI=1S/C22H34O6/c1-21(2,19(23)24)13-5-7-15-27-17-9-11-18(12-10-17)28-16-8-6-14-22(3,4)20(25)26/h9-12H,5-8,13-16H2,1-4H3,(H,23,24)(H,25,26). The van der Waals surface area contributed by atoms with Crippen LogP contribution in [0.4, 0.5) is 0 Å². The monoisotopic (exact) mass is 394 g/mol. The fraction of sp³-hybridized carbons (Fsp3) is 0.636. The van der Waals surface area contributed by atoms with Crippen molar-refractivity contribution in [2.24, 2.45) is 10.8 Å². The Morgan fingerprint density at radius 1 is 0.714 bits per heavy atom.